The number of amides is 1. The number of nitrogens with zero attached hydrogens (tertiary/aromatic N) is 3. The summed E-state index contributed by atoms with van der Waals surface area (Å²) in [4.78, 5) is 28.4. The van der Waals surface area contributed by atoms with Gasteiger partial charge < -0.3 is 14.4 Å². The monoisotopic (exact) mass is 433 g/mol. The van der Waals surface area contributed by atoms with Crippen LogP contribution in [0.1, 0.15) is 40.2 Å². The van der Waals surface area contributed by atoms with Crippen LogP contribution < -0.4 is 9.47 Å². The largest absolute Gasteiger partial charge is 0.497 e. The number of carbonyl (C=O) groups is 2. The maximum atomic E-state index is 13.4. The van der Waals surface area contributed by atoms with Gasteiger partial charge in [0.2, 0.25) is 0 Å². The molecule has 7 nitrogen and oxygen atoms in total. The van der Waals surface area contributed by atoms with Gasteiger partial charge in [-0.1, -0.05) is 18.2 Å². The highest BCUT2D eigenvalue weighted by Crippen LogP contribution is 2.33. The molecule has 0 aliphatic heterocycles. The van der Waals surface area contributed by atoms with Crippen molar-refractivity contribution >= 4 is 11.7 Å². The number of hydrogen-bond donors (Lipinski definition) is 0. The Bertz CT molecular complexity index is 1150. The van der Waals surface area contributed by atoms with E-state index in [9.17, 15) is 9.59 Å². The smallest absolute Gasteiger partial charge is 0.295 e. The SMILES string of the molecule is COc1ccc(OC)c(CN(C(=O)C(=O)c2c(C)nn(-c3ccccc3)c2C)C2CC2)c1. The average molecular weight is 434 g/mol. The lowest BCUT2D eigenvalue weighted by molar-refractivity contribution is -0.127. The molecular weight excluding hydrogens is 406 g/mol. The number of methoxy groups -OCH3 is 2. The number of rotatable bonds is 8. The third kappa shape index (κ3) is 4.10. The van der Waals surface area contributed by atoms with Crippen LogP contribution in [0.2, 0.25) is 0 Å². The van der Waals surface area contributed by atoms with E-state index in [2.05, 4.69) is 5.10 Å². The second kappa shape index (κ2) is 8.86. The number of benzene rings is 2. The van der Waals surface area contributed by atoms with Crippen molar-refractivity contribution in [1.29, 1.82) is 0 Å². The van der Waals surface area contributed by atoms with Crippen LogP contribution in [0.5, 0.6) is 11.5 Å². The van der Waals surface area contributed by atoms with Crippen molar-refractivity contribution in [2.24, 2.45) is 0 Å². The van der Waals surface area contributed by atoms with Crippen molar-refractivity contribution < 1.29 is 19.1 Å². The van der Waals surface area contributed by atoms with Gasteiger partial charge in [0.1, 0.15) is 11.5 Å². The predicted molar refractivity (Wildman–Crippen MR) is 120 cm³/mol. The molecule has 1 saturated carbocycles. The molecule has 1 amide bonds. The van der Waals surface area contributed by atoms with Crippen molar-refractivity contribution in [3.05, 3.63) is 71.0 Å². The molecule has 2 aromatic carbocycles. The molecular formula is C25H27N3O4. The van der Waals surface area contributed by atoms with Crippen molar-refractivity contribution in [3.8, 4) is 17.2 Å². The topological polar surface area (TPSA) is 73.7 Å². The summed E-state index contributed by atoms with van der Waals surface area (Å²) in [6, 6.07) is 15.1. The number of carbonyl (C=O) groups excluding carboxylic acids is 2. The fourth-order valence-electron chi connectivity index (χ4n) is 3.97. The summed E-state index contributed by atoms with van der Waals surface area (Å²) >= 11 is 0. The van der Waals surface area contributed by atoms with Crippen molar-refractivity contribution in [2.75, 3.05) is 14.2 Å². The summed E-state index contributed by atoms with van der Waals surface area (Å²) in [5.74, 6) is 0.277. The number of Topliss-reactive ketones (excluding diaryl/α,β-unsaturated/α-hetero) is 1. The minimum Gasteiger partial charge on any atom is -0.497 e. The first-order chi connectivity index (χ1) is 15.4. The van der Waals surface area contributed by atoms with Crippen LogP contribution in [-0.2, 0) is 11.3 Å². The van der Waals surface area contributed by atoms with Gasteiger partial charge in [0.25, 0.3) is 11.7 Å². The summed E-state index contributed by atoms with van der Waals surface area (Å²) in [5.41, 5.74) is 3.20. The molecule has 7 heteroatoms. The van der Waals surface area contributed by atoms with Gasteiger partial charge in [-0.2, -0.15) is 5.10 Å². The molecule has 0 radical (unpaired) electrons. The van der Waals surface area contributed by atoms with Crippen molar-refractivity contribution in [1.82, 2.24) is 14.7 Å². The number of hydrogen-bond acceptors (Lipinski definition) is 5. The van der Waals surface area contributed by atoms with E-state index in [-0.39, 0.29) is 12.6 Å². The standard InChI is InChI=1S/C25H27N3O4/c1-16-23(17(2)28(26-16)20-8-6-5-7-9-20)24(29)25(30)27(19-10-11-19)15-18-14-21(31-3)12-13-22(18)32-4/h5-9,12-14,19H,10-11,15H2,1-4H3. The zero-order valence-corrected chi connectivity index (χ0v) is 18.8. The number of aryl methyl sites for hydroxylation is 1. The van der Waals surface area contributed by atoms with E-state index in [4.69, 9.17) is 9.47 Å². The van der Waals surface area contributed by atoms with Gasteiger partial charge >= 0.3 is 0 Å². The van der Waals surface area contributed by atoms with E-state index in [1.54, 1.807) is 30.7 Å². The first-order valence-corrected chi connectivity index (χ1v) is 10.6. The lowest BCUT2D eigenvalue weighted by atomic mass is 10.1. The maximum absolute atomic E-state index is 13.4. The first-order valence-electron chi connectivity index (χ1n) is 10.6. The molecule has 4 rings (SSSR count). The molecule has 32 heavy (non-hydrogen) atoms. The lowest BCUT2D eigenvalue weighted by Crippen LogP contribution is -2.38. The van der Waals surface area contributed by atoms with Gasteiger partial charge in [-0.05, 0) is 57.0 Å². The van der Waals surface area contributed by atoms with E-state index in [0.29, 0.717) is 28.5 Å². The molecule has 0 spiro atoms. The Balaban J connectivity index is 1.64. The third-order valence-corrected chi connectivity index (χ3v) is 5.79. The molecule has 0 bridgehead atoms. The van der Waals surface area contributed by atoms with E-state index in [1.165, 1.54) is 0 Å². The van der Waals surface area contributed by atoms with E-state index in [1.807, 2.05) is 55.5 Å². The minimum atomic E-state index is -0.532. The fraction of sp³-hybridized carbons (Fsp3) is 0.320. The molecule has 0 unspecified atom stereocenters. The van der Waals surface area contributed by atoms with E-state index < -0.39 is 11.7 Å². The van der Waals surface area contributed by atoms with E-state index >= 15 is 0 Å². The second-order valence-corrected chi connectivity index (χ2v) is 7.96. The Morgan fingerprint density at radius 3 is 2.41 bits per heavy atom. The number of ketones is 1. The predicted octanol–water partition coefficient (Wildman–Crippen LogP) is 3.88. The molecule has 1 heterocycles. The highest BCUT2D eigenvalue weighted by atomic mass is 16.5. The highest BCUT2D eigenvalue weighted by Gasteiger charge is 2.38. The van der Waals surface area contributed by atoms with Crippen LogP contribution in [0, 0.1) is 13.8 Å². The zero-order valence-electron chi connectivity index (χ0n) is 18.8. The van der Waals surface area contributed by atoms with Crippen molar-refractivity contribution in [2.45, 2.75) is 39.3 Å². The Kier molecular flexibility index (Phi) is 5.99. The van der Waals surface area contributed by atoms with Crippen LogP contribution in [0.4, 0.5) is 0 Å². The van der Waals surface area contributed by atoms with Crippen LogP contribution in [0.15, 0.2) is 48.5 Å². The average Bonchev–Trinajstić information content (AvgIpc) is 3.61. The Hall–Kier alpha value is -3.61. The quantitative estimate of drug-likeness (QED) is 0.398. The van der Waals surface area contributed by atoms with Crippen molar-refractivity contribution in [3.63, 3.8) is 0 Å². The minimum absolute atomic E-state index is 0.0483. The molecule has 0 saturated heterocycles. The van der Waals surface area contributed by atoms with Crippen LogP contribution in [0.3, 0.4) is 0 Å². The van der Waals surface area contributed by atoms with Gasteiger partial charge in [0.15, 0.2) is 0 Å². The number of para-hydroxylation sites is 1. The molecule has 0 N–H and O–H groups in total. The van der Waals surface area contributed by atoms with Crippen LogP contribution >= 0.6 is 0 Å². The zero-order chi connectivity index (χ0) is 22.8. The molecule has 1 aliphatic carbocycles. The van der Waals surface area contributed by atoms with E-state index in [0.717, 1.165) is 24.1 Å². The molecule has 3 aromatic rings. The number of aromatic nitrogens is 2. The number of ether oxygens (including phenoxy) is 2. The Morgan fingerprint density at radius 2 is 1.78 bits per heavy atom. The second-order valence-electron chi connectivity index (χ2n) is 7.96. The molecule has 166 valence electrons. The van der Waals surface area contributed by atoms with Gasteiger partial charge in [-0.15, -0.1) is 0 Å². The van der Waals surface area contributed by atoms with Gasteiger partial charge in [0.05, 0.1) is 43.4 Å². The van der Waals surface area contributed by atoms with Crippen LogP contribution in [-0.4, -0.2) is 46.6 Å². The summed E-state index contributed by atoms with van der Waals surface area (Å²) in [6.45, 7) is 3.86. The maximum Gasteiger partial charge on any atom is 0.295 e. The van der Waals surface area contributed by atoms with Crippen LogP contribution in [0.25, 0.3) is 5.69 Å². The first kappa shape index (κ1) is 21.6. The highest BCUT2D eigenvalue weighted by molar-refractivity contribution is 6.43. The fourth-order valence-corrected chi connectivity index (χ4v) is 3.97. The normalized spacial score (nSPS) is 13.0. The van der Waals surface area contributed by atoms with Gasteiger partial charge in [-0.25, -0.2) is 4.68 Å². The van der Waals surface area contributed by atoms with Gasteiger partial charge in [-0.3, -0.25) is 9.59 Å². The summed E-state index contributed by atoms with van der Waals surface area (Å²) in [6.07, 6.45) is 1.76. The molecule has 1 fully saturated rings. The summed E-state index contributed by atoms with van der Waals surface area (Å²) < 4.78 is 12.5. The summed E-state index contributed by atoms with van der Waals surface area (Å²) in [7, 11) is 3.18. The third-order valence-electron chi connectivity index (χ3n) is 5.79. The molecule has 1 aliphatic rings. The van der Waals surface area contributed by atoms with Gasteiger partial charge in [0, 0.05) is 11.6 Å². The molecule has 1 aromatic heterocycles. The summed E-state index contributed by atoms with van der Waals surface area (Å²) in [5, 5.41) is 4.53. The lowest BCUT2D eigenvalue weighted by Gasteiger charge is -2.23. The Labute approximate surface area is 187 Å². The molecule has 0 atom stereocenters. The Morgan fingerprint density at radius 1 is 1.06 bits per heavy atom.